The highest BCUT2D eigenvalue weighted by molar-refractivity contribution is 7.16. The van der Waals surface area contributed by atoms with Crippen molar-refractivity contribution in [1.29, 1.82) is 0 Å². The van der Waals surface area contributed by atoms with Gasteiger partial charge in [0.2, 0.25) is 0 Å². The maximum atomic E-state index is 15.2. The Morgan fingerprint density at radius 3 is 2.69 bits per heavy atom. The summed E-state index contributed by atoms with van der Waals surface area (Å²) in [6.07, 6.45) is 1.74. The number of pyridine rings is 1. The van der Waals surface area contributed by atoms with Crippen molar-refractivity contribution in [3.8, 4) is 11.1 Å². The van der Waals surface area contributed by atoms with Crippen molar-refractivity contribution >= 4 is 49.7 Å². The molecule has 36 heavy (non-hydrogen) atoms. The van der Waals surface area contributed by atoms with Crippen LogP contribution in [0.15, 0.2) is 72.4 Å². The summed E-state index contributed by atoms with van der Waals surface area (Å²) in [5, 5.41) is 7.66. The van der Waals surface area contributed by atoms with Crippen LogP contribution < -0.4 is 10.6 Å². The number of nitrogens with one attached hydrogen (secondary N) is 2. The molecular formula is C28H22FN5OS. The number of likely N-dealkylation sites (tertiary alicyclic amines) is 1. The molecule has 2 aromatic heterocycles. The molecule has 6 nitrogen and oxygen atoms in total. The Morgan fingerprint density at radius 1 is 1.00 bits per heavy atom. The first kappa shape index (κ1) is 21.4. The lowest BCUT2D eigenvalue weighted by Crippen LogP contribution is -2.71. The Morgan fingerprint density at radius 2 is 1.89 bits per heavy atom. The SMILES string of the molecule is O=C(c1ccc(-c2ccc3c(Nc4ccc5scnc5c4)ccnc3c2)c(F)c1)N1CC2(CNC2)C1. The molecule has 2 N–H and O–H groups in total. The summed E-state index contributed by atoms with van der Waals surface area (Å²) < 4.78 is 16.3. The number of aromatic nitrogens is 2. The quantitative estimate of drug-likeness (QED) is 0.348. The first-order chi connectivity index (χ1) is 17.6. The molecule has 2 aliphatic rings. The number of hydrogen-bond acceptors (Lipinski definition) is 6. The molecule has 8 heteroatoms. The fourth-order valence-electron chi connectivity index (χ4n) is 5.19. The van der Waals surface area contributed by atoms with Gasteiger partial charge in [-0.05, 0) is 48.0 Å². The van der Waals surface area contributed by atoms with E-state index in [9.17, 15) is 4.79 Å². The van der Waals surface area contributed by atoms with Crippen LogP contribution >= 0.6 is 11.3 Å². The monoisotopic (exact) mass is 495 g/mol. The van der Waals surface area contributed by atoms with Crippen molar-refractivity contribution < 1.29 is 9.18 Å². The van der Waals surface area contributed by atoms with Crippen LogP contribution in [0.2, 0.25) is 0 Å². The zero-order valence-electron chi connectivity index (χ0n) is 19.3. The summed E-state index contributed by atoms with van der Waals surface area (Å²) in [6.45, 7) is 3.40. The van der Waals surface area contributed by atoms with Gasteiger partial charge in [0.1, 0.15) is 5.82 Å². The van der Waals surface area contributed by atoms with Gasteiger partial charge in [0, 0.05) is 65.7 Å². The number of thiazole rings is 1. The lowest BCUT2D eigenvalue weighted by atomic mass is 9.74. The third-order valence-electron chi connectivity index (χ3n) is 7.22. The minimum Gasteiger partial charge on any atom is -0.355 e. The Labute approximate surface area is 210 Å². The van der Waals surface area contributed by atoms with Crippen LogP contribution in [0.3, 0.4) is 0 Å². The molecule has 0 unspecified atom stereocenters. The number of carbonyl (C=O) groups is 1. The first-order valence-corrected chi connectivity index (χ1v) is 12.7. The van der Waals surface area contributed by atoms with Crippen LogP contribution in [0.4, 0.5) is 15.8 Å². The normalized spacial score (nSPS) is 16.2. The van der Waals surface area contributed by atoms with Crippen LogP contribution in [0.1, 0.15) is 10.4 Å². The van der Waals surface area contributed by atoms with E-state index in [-0.39, 0.29) is 11.3 Å². The van der Waals surface area contributed by atoms with Gasteiger partial charge in [-0.3, -0.25) is 9.78 Å². The third-order valence-corrected chi connectivity index (χ3v) is 8.03. The number of fused-ring (bicyclic) bond motifs is 2. The van der Waals surface area contributed by atoms with Crippen LogP contribution in [-0.4, -0.2) is 47.0 Å². The van der Waals surface area contributed by atoms with E-state index in [0.29, 0.717) is 11.1 Å². The summed E-state index contributed by atoms with van der Waals surface area (Å²) in [7, 11) is 0. The van der Waals surface area contributed by atoms with Crippen molar-refractivity contribution in [3.05, 3.63) is 83.8 Å². The topological polar surface area (TPSA) is 70.2 Å². The average molecular weight is 496 g/mol. The zero-order valence-corrected chi connectivity index (χ0v) is 20.1. The first-order valence-electron chi connectivity index (χ1n) is 11.9. The maximum Gasteiger partial charge on any atom is 0.253 e. The lowest BCUT2D eigenvalue weighted by molar-refractivity contribution is -0.0248. The summed E-state index contributed by atoms with van der Waals surface area (Å²) in [5.41, 5.74) is 7.21. The predicted molar refractivity (Wildman–Crippen MR) is 141 cm³/mol. The second kappa shape index (κ2) is 8.08. The van der Waals surface area contributed by atoms with Crippen molar-refractivity contribution in [3.63, 3.8) is 0 Å². The molecule has 2 aliphatic heterocycles. The van der Waals surface area contributed by atoms with Gasteiger partial charge in [0.25, 0.3) is 5.91 Å². The Bertz CT molecular complexity index is 1650. The fraction of sp³-hybridized carbons (Fsp3) is 0.179. The molecule has 4 heterocycles. The minimum atomic E-state index is -0.411. The number of benzene rings is 3. The molecule has 7 rings (SSSR count). The Kier molecular flexibility index (Phi) is 4.80. The van der Waals surface area contributed by atoms with Crippen LogP contribution in [0.25, 0.3) is 32.2 Å². The summed E-state index contributed by atoms with van der Waals surface area (Å²) in [4.78, 5) is 23.5. The lowest BCUT2D eigenvalue weighted by Gasteiger charge is -2.56. The van der Waals surface area contributed by atoms with Gasteiger partial charge >= 0.3 is 0 Å². The van der Waals surface area contributed by atoms with Gasteiger partial charge in [-0.15, -0.1) is 11.3 Å². The maximum absolute atomic E-state index is 15.2. The number of rotatable bonds is 4. The highest BCUT2D eigenvalue weighted by Crippen LogP contribution is 2.36. The minimum absolute atomic E-state index is 0.107. The smallest absolute Gasteiger partial charge is 0.253 e. The number of hydrogen-bond donors (Lipinski definition) is 2. The molecule has 3 aromatic carbocycles. The van der Waals surface area contributed by atoms with E-state index in [0.717, 1.165) is 64.2 Å². The van der Waals surface area contributed by atoms with Crippen LogP contribution in [-0.2, 0) is 0 Å². The highest BCUT2D eigenvalue weighted by Gasteiger charge is 2.49. The molecule has 0 bridgehead atoms. The van der Waals surface area contributed by atoms with Gasteiger partial charge in [0.15, 0.2) is 0 Å². The molecule has 5 aromatic rings. The standard InChI is InChI=1S/C28H22FN5OS/c29-22-9-18(27(35)34-14-28(15-34)12-30-13-28)2-4-20(22)17-1-5-21-23(7-8-31-24(21)10-17)33-19-3-6-26-25(11-19)32-16-36-26/h1-11,16,30H,12-15H2,(H,31,33). The second-order valence-corrected chi connectivity index (χ2v) is 10.6. The van der Waals surface area contributed by atoms with E-state index >= 15 is 4.39 Å². The van der Waals surface area contributed by atoms with E-state index in [1.807, 2.05) is 41.9 Å². The van der Waals surface area contributed by atoms with Gasteiger partial charge in [0.05, 0.1) is 21.2 Å². The summed E-state index contributed by atoms with van der Waals surface area (Å²) in [5.74, 6) is -0.517. The Hall–Kier alpha value is -3.88. The van der Waals surface area contributed by atoms with Crippen molar-refractivity contribution in [2.45, 2.75) is 0 Å². The molecule has 178 valence electrons. The summed E-state index contributed by atoms with van der Waals surface area (Å²) in [6, 6.07) is 18.5. The van der Waals surface area contributed by atoms with Gasteiger partial charge in [-0.25, -0.2) is 9.37 Å². The van der Waals surface area contributed by atoms with Gasteiger partial charge in [-0.1, -0.05) is 18.2 Å². The molecular weight excluding hydrogens is 473 g/mol. The molecule has 0 aliphatic carbocycles. The van der Waals surface area contributed by atoms with Crippen LogP contribution in [0, 0.1) is 11.2 Å². The Balaban J connectivity index is 1.15. The van der Waals surface area contributed by atoms with Crippen molar-refractivity contribution in [2.75, 3.05) is 31.5 Å². The molecule has 1 amide bonds. The number of carbonyl (C=O) groups excluding carboxylic acids is 1. The van der Waals surface area contributed by atoms with E-state index in [1.54, 1.807) is 34.6 Å². The number of amides is 1. The highest BCUT2D eigenvalue weighted by atomic mass is 32.1. The molecule has 2 saturated heterocycles. The van der Waals surface area contributed by atoms with Crippen LogP contribution in [0.5, 0.6) is 0 Å². The largest absolute Gasteiger partial charge is 0.355 e. The summed E-state index contributed by atoms with van der Waals surface area (Å²) >= 11 is 1.61. The molecule has 1 spiro atoms. The predicted octanol–water partition coefficient (Wildman–Crippen LogP) is 5.44. The number of halogens is 1. The molecule has 0 radical (unpaired) electrons. The molecule has 0 atom stereocenters. The van der Waals surface area contributed by atoms with E-state index in [4.69, 9.17) is 0 Å². The van der Waals surface area contributed by atoms with Crippen molar-refractivity contribution in [2.24, 2.45) is 5.41 Å². The van der Waals surface area contributed by atoms with E-state index < -0.39 is 5.82 Å². The fourth-order valence-corrected chi connectivity index (χ4v) is 5.85. The zero-order chi connectivity index (χ0) is 24.3. The number of nitrogens with zero attached hydrogens (tertiary/aromatic N) is 3. The average Bonchev–Trinajstić information content (AvgIpc) is 3.30. The molecule has 2 fully saturated rings. The van der Waals surface area contributed by atoms with Gasteiger partial charge < -0.3 is 15.5 Å². The third kappa shape index (κ3) is 3.53. The number of anilines is 2. The van der Waals surface area contributed by atoms with E-state index in [2.05, 4.69) is 26.7 Å². The van der Waals surface area contributed by atoms with Gasteiger partial charge in [-0.2, -0.15) is 0 Å². The molecule has 0 saturated carbocycles. The van der Waals surface area contributed by atoms with E-state index in [1.165, 1.54) is 6.07 Å². The second-order valence-electron chi connectivity index (χ2n) is 9.71. The van der Waals surface area contributed by atoms with Crippen molar-refractivity contribution in [1.82, 2.24) is 20.2 Å².